The Morgan fingerprint density at radius 2 is 0.960 bits per heavy atom. The van der Waals surface area contributed by atoms with Gasteiger partial charge in [-0.05, 0) is 72.2 Å². The Balaban J connectivity index is 1.57. The lowest BCUT2D eigenvalue weighted by Gasteiger charge is -2.36. The molecular weight excluding hydrogens is 628 g/mol. The summed E-state index contributed by atoms with van der Waals surface area (Å²) < 4.78 is 0. The molecule has 5 rings (SSSR count). The number of urea groups is 1. The topological polar surface area (TPSA) is 122 Å². The van der Waals surface area contributed by atoms with Crippen molar-refractivity contribution in [3.63, 3.8) is 0 Å². The third-order valence-electron chi connectivity index (χ3n) is 9.16. The minimum absolute atomic E-state index is 0.100. The SMILES string of the molecule is CCCNC(=O)c1cccc(CN2C(=O)N(Cc3cccc(C(=O)NCCC)c3)[C@H](Cc3ccccc3)[C@H](O)[C@@H](O)[C@H]2Cc2ccccc2)c1. The molecule has 1 fully saturated rings. The van der Waals surface area contributed by atoms with Crippen molar-refractivity contribution in [3.05, 3.63) is 143 Å². The number of hydrogen-bond acceptors (Lipinski definition) is 5. The minimum Gasteiger partial charge on any atom is -0.388 e. The maximum Gasteiger partial charge on any atom is 0.321 e. The Kier molecular flexibility index (Phi) is 12.8. The smallest absolute Gasteiger partial charge is 0.321 e. The van der Waals surface area contributed by atoms with Crippen LogP contribution in [0.4, 0.5) is 4.79 Å². The first-order chi connectivity index (χ1) is 24.3. The summed E-state index contributed by atoms with van der Waals surface area (Å²) in [6.07, 6.45) is -0.357. The van der Waals surface area contributed by atoms with Gasteiger partial charge in [-0.25, -0.2) is 4.79 Å². The standard InChI is InChI=1S/C41H48N4O5/c1-3-21-42-39(48)33-19-11-17-31(23-33)27-44-35(25-29-13-7-5-8-14-29)37(46)38(47)36(26-30-15-9-6-10-16-30)45(41(44)50)28-32-18-12-20-34(24-32)40(49)43-22-4-2/h5-20,23-24,35-38,46-47H,3-4,21-22,25-28H2,1-2H3,(H,42,48)(H,43,49)/t35-,36-,37+,38+/m1/s1. The van der Waals surface area contributed by atoms with E-state index >= 15 is 4.79 Å². The molecule has 4 atom stereocenters. The van der Waals surface area contributed by atoms with Crippen LogP contribution in [0.25, 0.3) is 0 Å². The number of carbonyl (C=O) groups excluding carboxylic acids is 3. The number of benzene rings is 4. The van der Waals surface area contributed by atoms with Crippen LogP contribution < -0.4 is 10.6 Å². The van der Waals surface area contributed by atoms with Crippen LogP contribution in [-0.2, 0) is 25.9 Å². The average Bonchev–Trinajstić information content (AvgIpc) is 3.21. The van der Waals surface area contributed by atoms with E-state index in [9.17, 15) is 19.8 Å². The van der Waals surface area contributed by atoms with E-state index in [4.69, 9.17) is 0 Å². The molecule has 9 nitrogen and oxygen atoms in total. The zero-order chi connectivity index (χ0) is 35.5. The van der Waals surface area contributed by atoms with Gasteiger partial charge in [-0.1, -0.05) is 98.8 Å². The molecule has 1 aliphatic rings. The first kappa shape index (κ1) is 36.3. The van der Waals surface area contributed by atoms with Crippen molar-refractivity contribution < 1.29 is 24.6 Å². The predicted molar refractivity (Wildman–Crippen MR) is 194 cm³/mol. The third kappa shape index (κ3) is 9.16. The highest BCUT2D eigenvalue weighted by molar-refractivity contribution is 5.94. The van der Waals surface area contributed by atoms with E-state index in [1.165, 1.54) is 0 Å². The van der Waals surface area contributed by atoms with E-state index in [1.807, 2.05) is 86.6 Å². The monoisotopic (exact) mass is 676 g/mol. The number of aliphatic hydroxyl groups excluding tert-OH is 2. The number of hydrogen-bond donors (Lipinski definition) is 4. The van der Waals surface area contributed by atoms with Gasteiger partial charge in [-0.2, -0.15) is 0 Å². The van der Waals surface area contributed by atoms with Crippen LogP contribution in [0.1, 0.15) is 69.7 Å². The predicted octanol–water partition coefficient (Wildman–Crippen LogP) is 5.35. The van der Waals surface area contributed by atoms with Crippen molar-refractivity contribution in [2.75, 3.05) is 13.1 Å². The molecule has 9 heteroatoms. The Hall–Kier alpha value is -4.99. The van der Waals surface area contributed by atoms with Crippen LogP contribution in [0.15, 0.2) is 109 Å². The van der Waals surface area contributed by atoms with Crippen LogP contribution in [0.5, 0.6) is 0 Å². The summed E-state index contributed by atoms with van der Waals surface area (Å²) in [4.78, 5) is 44.0. The molecule has 4 aromatic carbocycles. The summed E-state index contributed by atoms with van der Waals surface area (Å²) in [5.74, 6) is -0.390. The van der Waals surface area contributed by atoms with Gasteiger partial charge in [0.15, 0.2) is 0 Å². The average molecular weight is 677 g/mol. The van der Waals surface area contributed by atoms with Crippen LogP contribution >= 0.6 is 0 Å². The van der Waals surface area contributed by atoms with Crippen molar-refractivity contribution in [1.82, 2.24) is 20.4 Å². The van der Waals surface area contributed by atoms with E-state index in [0.29, 0.717) is 37.1 Å². The summed E-state index contributed by atoms with van der Waals surface area (Å²) in [5.41, 5.74) is 4.23. The highest BCUT2D eigenvalue weighted by Gasteiger charge is 2.46. The molecule has 0 unspecified atom stereocenters. The number of nitrogens with one attached hydrogen (secondary N) is 2. The Morgan fingerprint density at radius 1 is 0.580 bits per heavy atom. The summed E-state index contributed by atoms with van der Waals surface area (Å²) in [6.45, 7) is 5.28. The second-order valence-corrected chi connectivity index (χ2v) is 12.9. The van der Waals surface area contributed by atoms with E-state index in [2.05, 4.69) is 10.6 Å². The molecule has 1 aliphatic heterocycles. The number of rotatable bonds is 14. The third-order valence-corrected chi connectivity index (χ3v) is 9.16. The van der Waals surface area contributed by atoms with E-state index < -0.39 is 24.3 Å². The maximum atomic E-state index is 15.0. The van der Waals surface area contributed by atoms with Crippen LogP contribution in [0, 0.1) is 0 Å². The van der Waals surface area contributed by atoms with Gasteiger partial charge < -0.3 is 30.6 Å². The molecule has 0 saturated carbocycles. The van der Waals surface area contributed by atoms with Crippen molar-refractivity contribution in [3.8, 4) is 0 Å². The van der Waals surface area contributed by atoms with Crippen LogP contribution in [-0.4, -0.2) is 75.2 Å². The highest BCUT2D eigenvalue weighted by atomic mass is 16.3. The fraction of sp³-hybridized carbons (Fsp3) is 0.341. The van der Waals surface area contributed by atoms with Crippen molar-refractivity contribution in [2.24, 2.45) is 0 Å². The van der Waals surface area contributed by atoms with Gasteiger partial charge in [0.1, 0.15) is 12.2 Å². The largest absolute Gasteiger partial charge is 0.388 e. The molecule has 0 aromatic heterocycles. The zero-order valence-electron chi connectivity index (χ0n) is 28.9. The van der Waals surface area contributed by atoms with Crippen molar-refractivity contribution >= 4 is 17.8 Å². The van der Waals surface area contributed by atoms with Gasteiger partial charge in [0.05, 0.1) is 12.1 Å². The lowest BCUT2D eigenvalue weighted by Crippen LogP contribution is -2.50. The van der Waals surface area contributed by atoms with Gasteiger partial charge in [-0.3, -0.25) is 9.59 Å². The quantitative estimate of drug-likeness (QED) is 0.144. The maximum absolute atomic E-state index is 15.0. The van der Waals surface area contributed by atoms with Gasteiger partial charge in [-0.15, -0.1) is 0 Å². The molecule has 4 amide bonds. The second kappa shape index (κ2) is 17.6. The summed E-state index contributed by atoms with van der Waals surface area (Å²) >= 11 is 0. The molecule has 1 heterocycles. The first-order valence-corrected chi connectivity index (χ1v) is 17.5. The highest BCUT2D eigenvalue weighted by Crippen LogP contribution is 2.30. The molecule has 0 radical (unpaired) electrons. The molecule has 4 aromatic rings. The molecule has 50 heavy (non-hydrogen) atoms. The number of carbonyl (C=O) groups is 3. The Bertz CT molecular complexity index is 1590. The number of amides is 4. The second-order valence-electron chi connectivity index (χ2n) is 12.9. The van der Waals surface area contributed by atoms with Gasteiger partial charge in [0.25, 0.3) is 11.8 Å². The first-order valence-electron chi connectivity index (χ1n) is 17.5. The number of nitrogens with zero attached hydrogens (tertiary/aromatic N) is 2. The van der Waals surface area contributed by atoms with Crippen molar-refractivity contribution in [1.29, 1.82) is 0 Å². The molecule has 4 N–H and O–H groups in total. The molecule has 0 spiro atoms. The molecule has 0 bridgehead atoms. The molecular formula is C41H48N4O5. The lowest BCUT2D eigenvalue weighted by molar-refractivity contribution is -0.0408. The minimum atomic E-state index is -1.29. The molecule has 1 saturated heterocycles. The van der Waals surface area contributed by atoms with E-state index in [-0.39, 0.29) is 30.9 Å². The normalized spacial score (nSPS) is 19.2. The van der Waals surface area contributed by atoms with Crippen molar-refractivity contribution in [2.45, 2.75) is 76.9 Å². The molecule has 262 valence electrons. The van der Waals surface area contributed by atoms with Crippen LogP contribution in [0.3, 0.4) is 0 Å². The summed E-state index contributed by atoms with van der Waals surface area (Å²) in [5, 5.41) is 29.9. The fourth-order valence-corrected chi connectivity index (χ4v) is 6.51. The summed E-state index contributed by atoms with van der Waals surface area (Å²) in [6, 6.07) is 31.7. The van der Waals surface area contributed by atoms with E-state index in [0.717, 1.165) is 35.1 Å². The molecule has 0 aliphatic carbocycles. The fourth-order valence-electron chi connectivity index (χ4n) is 6.51. The van der Waals surface area contributed by atoms with E-state index in [1.54, 1.807) is 46.2 Å². The van der Waals surface area contributed by atoms with Gasteiger partial charge >= 0.3 is 6.03 Å². The zero-order valence-corrected chi connectivity index (χ0v) is 28.9. The van der Waals surface area contributed by atoms with Gasteiger partial charge in [0, 0.05) is 37.3 Å². The summed E-state index contributed by atoms with van der Waals surface area (Å²) in [7, 11) is 0. The van der Waals surface area contributed by atoms with Gasteiger partial charge in [0.2, 0.25) is 0 Å². The number of aliphatic hydroxyl groups is 2. The Labute approximate surface area is 294 Å². The lowest BCUT2D eigenvalue weighted by atomic mass is 9.90. The Morgan fingerprint density at radius 3 is 1.34 bits per heavy atom. The van der Waals surface area contributed by atoms with Crippen LogP contribution in [0.2, 0.25) is 0 Å².